The Morgan fingerprint density at radius 3 is 2.34 bits per heavy atom. The summed E-state index contributed by atoms with van der Waals surface area (Å²) >= 11 is 0. The quantitative estimate of drug-likeness (QED) is 0.408. The van der Waals surface area contributed by atoms with E-state index in [-0.39, 0.29) is 17.2 Å². The van der Waals surface area contributed by atoms with Crippen molar-refractivity contribution in [1.82, 2.24) is 0 Å². The Morgan fingerprint density at radius 1 is 0.897 bits per heavy atom. The van der Waals surface area contributed by atoms with Gasteiger partial charge in [0.1, 0.15) is 5.82 Å². The standard InChI is InChI=1S/C25H31F3O/c1-3-5-6-8-17-9-14-23(29-16-17)19-11-12-20(22(26)15-19)21-13-10-18(7-4-2)24(27)25(21)28/h10-13,15,17,23H,3-9,14,16H2,1-2H3. The largest absolute Gasteiger partial charge is 0.373 e. The van der Waals surface area contributed by atoms with E-state index in [2.05, 4.69) is 6.92 Å². The Balaban J connectivity index is 1.71. The summed E-state index contributed by atoms with van der Waals surface area (Å²) in [5.74, 6) is -1.82. The molecule has 1 fully saturated rings. The van der Waals surface area contributed by atoms with Crippen molar-refractivity contribution in [3.8, 4) is 11.1 Å². The van der Waals surface area contributed by atoms with Crippen LogP contribution in [0.5, 0.6) is 0 Å². The van der Waals surface area contributed by atoms with Gasteiger partial charge in [-0.2, -0.15) is 0 Å². The number of rotatable bonds is 8. The van der Waals surface area contributed by atoms with Crippen molar-refractivity contribution in [2.24, 2.45) is 5.92 Å². The van der Waals surface area contributed by atoms with Gasteiger partial charge < -0.3 is 4.74 Å². The van der Waals surface area contributed by atoms with Gasteiger partial charge in [0.05, 0.1) is 12.7 Å². The minimum absolute atomic E-state index is 0.0352. The normalized spacial score (nSPS) is 19.5. The predicted molar refractivity (Wildman–Crippen MR) is 111 cm³/mol. The van der Waals surface area contributed by atoms with Crippen molar-refractivity contribution in [3.63, 3.8) is 0 Å². The molecule has 2 unspecified atom stereocenters. The van der Waals surface area contributed by atoms with E-state index >= 15 is 0 Å². The molecule has 1 aliphatic heterocycles. The Morgan fingerprint density at radius 2 is 1.69 bits per heavy atom. The molecule has 0 aliphatic carbocycles. The molecule has 29 heavy (non-hydrogen) atoms. The first-order chi connectivity index (χ1) is 14.0. The van der Waals surface area contributed by atoms with Crippen molar-refractivity contribution >= 4 is 0 Å². The van der Waals surface area contributed by atoms with E-state index in [0.29, 0.717) is 24.5 Å². The monoisotopic (exact) mass is 404 g/mol. The van der Waals surface area contributed by atoms with Crippen LogP contribution in [0.25, 0.3) is 11.1 Å². The highest BCUT2D eigenvalue weighted by Crippen LogP contribution is 2.35. The third-order valence-corrected chi connectivity index (χ3v) is 5.92. The number of hydrogen-bond donors (Lipinski definition) is 0. The molecule has 2 aromatic carbocycles. The molecular formula is C25H31F3O. The third-order valence-electron chi connectivity index (χ3n) is 5.92. The van der Waals surface area contributed by atoms with Gasteiger partial charge in [-0.25, -0.2) is 13.2 Å². The molecule has 2 aromatic rings. The second kappa shape index (κ2) is 10.3. The van der Waals surface area contributed by atoms with Crippen molar-refractivity contribution < 1.29 is 17.9 Å². The maximum atomic E-state index is 14.8. The lowest BCUT2D eigenvalue weighted by atomic mass is 9.90. The Labute approximate surface area is 172 Å². The molecular weight excluding hydrogens is 373 g/mol. The van der Waals surface area contributed by atoms with E-state index in [1.807, 2.05) is 6.92 Å². The number of aryl methyl sites for hydroxylation is 1. The molecule has 2 atom stereocenters. The van der Waals surface area contributed by atoms with Gasteiger partial charge in [0.25, 0.3) is 0 Å². The Kier molecular flexibility index (Phi) is 7.77. The van der Waals surface area contributed by atoms with E-state index in [1.165, 1.54) is 37.8 Å². The van der Waals surface area contributed by atoms with Crippen LogP contribution in [0.4, 0.5) is 13.2 Å². The maximum Gasteiger partial charge on any atom is 0.167 e. The number of unbranched alkanes of at least 4 members (excludes halogenated alkanes) is 2. The fourth-order valence-electron chi connectivity index (χ4n) is 4.19. The van der Waals surface area contributed by atoms with Crippen LogP contribution in [0.2, 0.25) is 0 Å². The topological polar surface area (TPSA) is 9.23 Å². The molecule has 0 aromatic heterocycles. The second-order valence-electron chi connectivity index (χ2n) is 8.15. The molecule has 1 aliphatic rings. The van der Waals surface area contributed by atoms with E-state index in [4.69, 9.17) is 4.74 Å². The first kappa shape index (κ1) is 21.9. The molecule has 3 rings (SSSR count). The van der Waals surface area contributed by atoms with Crippen LogP contribution < -0.4 is 0 Å². The summed E-state index contributed by atoms with van der Waals surface area (Å²) in [4.78, 5) is 0. The maximum absolute atomic E-state index is 14.8. The van der Waals surface area contributed by atoms with Gasteiger partial charge in [0.2, 0.25) is 0 Å². The Bertz CT molecular complexity index is 810. The van der Waals surface area contributed by atoms with E-state index in [1.54, 1.807) is 18.2 Å². The number of hydrogen-bond acceptors (Lipinski definition) is 1. The molecule has 1 heterocycles. The van der Waals surface area contributed by atoms with Crippen LogP contribution in [0.15, 0.2) is 30.3 Å². The van der Waals surface area contributed by atoms with Gasteiger partial charge in [-0.3, -0.25) is 0 Å². The average Bonchev–Trinajstić information content (AvgIpc) is 2.73. The lowest BCUT2D eigenvalue weighted by molar-refractivity contribution is -0.0200. The summed E-state index contributed by atoms with van der Waals surface area (Å²) in [6, 6.07) is 7.75. The highest BCUT2D eigenvalue weighted by molar-refractivity contribution is 5.66. The Hall–Kier alpha value is -1.81. The zero-order valence-electron chi connectivity index (χ0n) is 17.4. The van der Waals surface area contributed by atoms with Crippen LogP contribution in [0.3, 0.4) is 0 Å². The van der Waals surface area contributed by atoms with Crippen LogP contribution in [0.1, 0.15) is 76.0 Å². The molecule has 158 valence electrons. The van der Waals surface area contributed by atoms with Gasteiger partial charge in [-0.15, -0.1) is 0 Å². The summed E-state index contributed by atoms with van der Waals surface area (Å²) < 4.78 is 49.6. The van der Waals surface area contributed by atoms with E-state index < -0.39 is 17.5 Å². The highest BCUT2D eigenvalue weighted by Gasteiger charge is 2.24. The first-order valence-corrected chi connectivity index (χ1v) is 10.9. The van der Waals surface area contributed by atoms with Crippen molar-refractivity contribution in [1.29, 1.82) is 0 Å². The van der Waals surface area contributed by atoms with Gasteiger partial charge in [-0.1, -0.05) is 63.8 Å². The van der Waals surface area contributed by atoms with Gasteiger partial charge in [0, 0.05) is 11.1 Å². The predicted octanol–water partition coefficient (Wildman–Crippen LogP) is 7.77. The molecule has 1 saturated heterocycles. The summed E-state index contributed by atoms with van der Waals surface area (Å²) in [6.07, 6.45) is 7.89. The van der Waals surface area contributed by atoms with Crippen molar-refractivity contribution in [2.45, 2.75) is 71.3 Å². The lowest BCUT2D eigenvalue weighted by Gasteiger charge is -2.29. The molecule has 0 radical (unpaired) electrons. The highest BCUT2D eigenvalue weighted by atomic mass is 19.2. The summed E-state index contributed by atoms with van der Waals surface area (Å²) in [5.41, 5.74) is 1.14. The molecule has 0 saturated carbocycles. The molecule has 0 bridgehead atoms. The molecule has 4 heteroatoms. The van der Waals surface area contributed by atoms with E-state index in [0.717, 1.165) is 24.8 Å². The minimum atomic E-state index is -0.980. The van der Waals surface area contributed by atoms with Crippen LogP contribution in [0, 0.1) is 23.4 Å². The number of benzene rings is 2. The van der Waals surface area contributed by atoms with Crippen molar-refractivity contribution in [3.05, 3.63) is 58.9 Å². The summed E-state index contributed by atoms with van der Waals surface area (Å²) in [5, 5.41) is 0. The zero-order valence-corrected chi connectivity index (χ0v) is 17.4. The second-order valence-corrected chi connectivity index (χ2v) is 8.15. The SMILES string of the molecule is CCCCCC1CCC(c2ccc(-c3ccc(CCC)c(F)c3F)c(F)c2)OC1. The number of ether oxygens (including phenoxy) is 1. The lowest BCUT2D eigenvalue weighted by Crippen LogP contribution is -2.20. The molecule has 0 N–H and O–H groups in total. The van der Waals surface area contributed by atoms with Gasteiger partial charge in [-0.05, 0) is 48.8 Å². The molecule has 1 nitrogen and oxygen atoms in total. The summed E-state index contributed by atoms with van der Waals surface area (Å²) in [6.45, 7) is 4.81. The molecule has 0 amide bonds. The van der Waals surface area contributed by atoms with Gasteiger partial charge in [0.15, 0.2) is 11.6 Å². The molecule has 0 spiro atoms. The fraction of sp³-hybridized carbons (Fsp3) is 0.520. The number of halogens is 3. The first-order valence-electron chi connectivity index (χ1n) is 10.9. The summed E-state index contributed by atoms with van der Waals surface area (Å²) in [7, 11) is 0. The third kappa shape index (κ3) is 5.22. The van der Waals surface area contributed by atoms with Gasteiger partial charge >= 0.3 is 0 Å². The minimum Gasteiger partial charge on any atom is -0.373 e. The van der Waals surface area contributed by atoms with Crippen LogP contribution in [-0.4, -0.2) is 6.61 Å². The fourth-order valence-corrected chi connectivity index (χ4v) is 4.19. The van der Waals surface area contributed by atoms with Crippen LogP contribution in [-0.2, 0) is 11.2 Å². The van der Waals surface area contributed by atoms with Crippen LogP contribution >= 0.6 is 0 Å². The smallest absolute Gasteiger partial charge is 0.167 e. The average molecular weight is 405 g/mol. The zero-order chi connectivity index (χ0) is 20.8. The van der Waals surface area contributed by atoms with Crippen molar-refractivity contribution in [2.75, 3.05) is 6.61 Å². The van der Waals surface area contributed by atoms with E-state index in [9.17, 15) is 13.2 Å².